The molecule has 0 unspecified atom stereocenters. The monoisotopic (exact) mass is 629 g/mol. The third kappa shape index (κ3) is 6.82. The van der Waals surface area contributed by atoms with E-state index in [1.807, 2.05) is 91.9 Å². The van der Waals surface area contributed by atoms with E-state index >= 15 is 0 Å². The predicted molar refractivity (Wildman–Crippen MR) is 181 cm³/mol. The third-order valence-corrected chi connectivity index (χ3v) is 14.3. The van der Waals surface area contributed by atoms with Gasteiger partial charge in [-0.1, -0.05) is 32.9 Å². The Kier molecular flexibility index (Phi) is 8.89. The van der Waals surface area contributed by atoms with Crippen LogP contribution in [-0.4, -0.2) is 47.1 Å². The number of fused-ring (bicyclic) bond motifs is 1. The molecule has 0 amide bonds. The normalized spacial score (nSPS) is 14.2. The lowest BCUT2D eigenvalue weighted by Crippen LogP contribution is -2.40. The van der Waals surface area contributed by atoms with Gasteiger partial charge in [-0.25, -0.2) is 14.3 Å². The number of benzene rings is 1. The maximum absolute atomic E-state index is 12.8. The SMILES string of the molecule is C[C@H](N[S@+]([O-])C(C)(C)C)c1cccc(-c2cc(-n3cccn3)c3cnn(-c4cccc(CO[Si](C)(C)C(C)(C)C)n4)c3c2)n1. The summed E-state index contributed by atoms with van der Waals surface area (Å²) in [5, 5.41) is 10.4. The summed E-state index contributed by atoms with van der Waals surface area (Å²) in [4.78, 5) is 9.94. The van der Waals surface area contributed by atoms with Gasteiger partial charge < -0.3 is 8.98 Å². The summed E-state index contributed by atoms with van der Waals surface area (Å²) in [5.41, 5.74) is 5.15. The van der Waals surface area contributed by atoms with Crippen LogP contribution in [0.15, 0.2) is 73.2 Å². The standard InChI is InChI=1S/C33H43N7O2SSi/c1-23(38-43(41)32(2,3)4)27-14-11-15-28(37-27)24-19-29(39-18-12-17-34-39)26-21-35-40(30(26)20-24)31-16-10-13-25(36-31)22-42-44(8,9)33(5,6)7/h10-21,23,38H,22H2,1-9H3/t23-,43+/m0/s1. The van der Waals surface area contributed by atoms with Gasteiger partial charge >= 0.3 is 0 Å². The topological polar surface area (TPSA) is 106 Å². The van der Waals surface area contributed by atoms with Crippen LogP contribution in [-0.2, 0) is 22.4 Å². The fraction of sp³-hybridized carbons (Fsp3) is 0.394. The van der Waals surface area contributed by atoms with E-state index in [1.165, 1.54) is 0 Å². The van der Waals surface area contributed by atoms with Crippen molar-refractivity contribution in [1.82, 2.24) is 34.3 Å². The molecule has 232 valence electrons. The lowest BCUT2D eigenvalue weighted by atomic mass is 10.1. The highest BCUT2D eigenvalue weighted by Gasteiger charge is 2.37. The minimum atomic E-state index is -1.93. The van der Waals surface area contributed by atoms with E-state index in [0.717, 1.165) is 39.2 Å². The molecule has 0 radical (unpaired) electrons. The van der Waals surface area contributed by atoms with E-state index in [4.69, 9.17) is 19.5 Å². The van der Waals surface area contributed by atoms with Crippen LogP contribution in [0.25, 0.3) is 33.7 Å². The first-order chi connectivity index (χ1) is 20.6. The van der Waals surface area contributed by atoms with E-state index in [0.29, 0.717) is 12.4 Å². The molecule has 44 heavy (non-hydrogen) atoms. The summed E-state index contributed by atoms with van der Waals surface area (Å²) in [5.74, 6) is 0.712. The zero-order valence-electron chi connectivity index (χ0n) is 27.1. The number of hydrogen-bond acceptors (Lipinski definition) is 7. The van der Waals surface area contributed by atoms with Crippen molar-refractivity contribution in [3.05, 3.63) is 84.6 Å². The van der Waals surface area contributed by atoms with Gasteiger partial charge in [-0.05, 0) is 88.3 Å². The molecule has 0 bridgehead atoms. The van der Waals surface area contributed by atoms with Crippen molar-refractivity contribution < 1.29 is 8.98 Å². The molecule has 5 rings (SSSR count). The van der Waals surface area contributed by atoms with Gasteiger partial charge in [-0.15, -0.1) is 4.72 Å². The number of pyridine rings is 2. The minimum absolute atomic E-state index is 0.116. The first-order valence-corrected chi connectivity index (χ1v) is 19.0. The molecule has 0 fully saturated rings. The maximum atomic E-state index is 12.8. The molecular formula is C33H43N7O2SSi. The Bertz CT molecular complexity index is 1740. The van der Waals surface area contributed by atoms with Gasteiger partial charge in [-0.2, -0.15) is 10.2 Å². The molecule has 4 aromatic heterocycles. The highest BCUT2D eigenvalue weighted by molar-refractivity contribution is 7.90. The largest absolute Gasteiger partial charge is 0.598 e. The molecule has 0 saturated heterocycles. The van der Waals surface area contributed by atoms with Crippen molar-refractivity contribution in [3.63, 3.8) is 0 Å². The highest BCUT2D eigenvalue weighted by Crippen LogP contribution is 2.37. The fourth-order valence-corrected chi connectivity index (χ4v) is 6.16. The Hall–Kier alpha value is -3.35. The second-order valence-corrected chi connectivity index (χ2v) is 20.4. The number of hydrogen-bond donors (Lipinski definition) is 1. The van der Waals surface area contributed by atoms with E-state index in [2.05, 4.69) is 55.8 Å². The van der Waals surface area contributed by atoms with Gasteiger partial charge in [0, 0.05) is 34.7 Å². The Balaban J connectivity index is 1.55. The van der Waals surface area contributed by atoms with Crippen LogP contribution in [0.5, 0.6) is 0 Å². The van der Waals surface area contributed by atoms with E-state index in [9.17, 15) is 4.55 Å². The molecule has 4 heterocycles. The first-order valence-electron chi connectivity index (χ1n) is 14.9. The zero-order valence-corrected chi connectivity index (χ0v) is 28.9. The second-order valence-electron chi connectivity index (χ2n) is 13.6. The minimum Gasteiger partial charge on any atom is -0.598 e. The van der Waals surface area contributed by atoms with E-state index in [-0.39, 0.29) is 15.8 Å². The van der Waals surface area contributed by atoms with Crippen molar-refractivity contribution in [2.45, 2.75) is 84.0 Å². The van der Waals surface area contributed by atoms with Gasteiger partial charge in [0.2, 0.25) is 0 Å². The van der Waals surface area contributed by atoms with E-state index in [1.54, 1.807) is 6.20 Å². The zero-order chi connectivity index (χ0) is 31.9. The number of aromatic nitrogens is 6. The number of nitrogens with one attached hydrogen (secondary N) is 1. The highest BCUT2D eigenvalue weighted by atomic mass is 32.2. The molecule has 2 atom stereocenters. The van der Waals surface area contributed by atoms with E-state index < -0.39 is 19.7 Å². The lowest BCUT2D eigenvalue weighted by molar-refractivity contribution is 0.272. The third-order valence-electron chi connectivity index (χ3n) is 8.16. The van der Waals surface area contributed by atoms with Crippen LogP contribution in [0.3, 0.4) is 0 Å². The summed E-state index contributed by atoms with van der Waals surface area (Å²) in [6, 6.07) is 17.8. The molecule has 9 nitrogen and oxygen atoms in total. The molecule has 0 spiro atoms. The molecule has 0 aliphatic rings. The molecular weight excluding hydrogens is 587 g/mol. The van der Waals surface area contributed by atoms with Gasteiger partial charge in [0.15, 0.2) is 14.1 Å². The summed E-state index contributed by atoms with van der Waals surface area (Å²) in [6.07, 6.45) is 5.54. The van der Waals surface area contributed by atoms with Crippen molar-refractivity contribution >= 4 is 30.6 Å². The lowest BCUT2D eigenvalue weighted by Gasteiger charge is -2.36. The summed E-state index contributed by atoms with van der Waals surface area (Å²) >= 11 is -1.22. The molecule has 1 N–H and O–H groups in total. The second kappa shape index (κ2) is 12.2. The van der Waals surface area contributed by atoms with Crippen LogP contribution < -0.4 is 4.72 Å². The quantitative estimate of drug-likeness (QED) is 0.135. The van der Waals surface area contributed by atoms with Crippen molar-refractivity contribution in [2.75, 3.05) is 0 Å². The fourth-order valence-electron chi connectivity index (χ4n) is 4.43. The summed E-state index contributed by atoms with van der Waals surface area (Å²) < 4.78 is 25.8. The van der Waals surface area contributed by atoms with Crippen molar-refractivity contribution in [1.29, 1.82) is 0 Å². The number of rotatable bonds is 9. The van der Waals surface area contributed by atoms with Gasteiger partial charge in [0.25, 0.3) is 0 Å². The average molecular weight is 630 g/mol. The molecule has 0 saturated carbocycles. The molecule has 0 aliphatic heterocycles. The average Bonchev–Trinajstić information content (AvgIpc) is 3.65. The number of nitrogens with zero attached hydrogens (tertiary/aromatic N) is 6. The predicted octanol–water partition coefficient (Wildman–Crippen LogP) is 7.30. The van der Waals surface area contributed by atoms with Crippen LogP contribution in [0.1, 0.15) is 65.9 Å². The van der Waals surface area contributed by atoms with Crippen molar-refractivity contribution in [3.8, 4) is 22.8 Å². The first kappa shape index (κ1) is 32.1. The van der Waals surface area contributed by atoms with Gasteiger partial charge in [-0.3, -0.25) is 4.98 Å². The Morgan fingerprint density at radius 2 is 1.73 bits per heavy atom. The van der Waals surface area contributed by atoms with Crippen LogP contribution in [0.4, 0.5) is 0 Å². The van der Waals surface area contributed by atoms with Gasteiger partial charge in [0.05, 0.1) is 47.1 Å². The molecule has 11 heteroatoms. The molecule has 0 aliphatic carbocycles. The molecule has 1 aromatic carbocycles. The van der Waals surface area contributed by atoms with Crippen molar-refractivity contribution in [2.24, 2.45) is 0 Å². The Labute approximate surface area is 264 Å². The Morgan fingerprint density at radius 3 is 2.41 bits per heavy atom. The maximum Gasteiger partial charge on any atom is 0.192 e. The van der Waals surface area contributed by atoms with Crippen LogP contribution >= 0.6 is 0 Å². The van der Waals surface area contributed by atoms with Gasteiger partial charge in [0.1, 0.15) is 4.75 Å². The smallest absolute Gasteiger partial charge is 0.192 e. The van der Waals surface area contributed by atoms with Crippen LogP contribution in [0.2, 0.25) is 18.1 Å². The molecule has 5 aromatic rings. The Morgan fingerprint density at radius 1 is 0.977 bits per heavy atom. The summed E-state index contributed by atoms with van der Waals surface area (Å²) in [6.45, 7) is 19.5. The summed E-state index contributed by atoms with van der Waals surface area (Å²) in [7, 11) is -1.93. The van der Waals surface area contributed by atoms with Crippen LogP contribution in [0, 0.1) is 0 Å².